The van der Waals surface area contributed by atoms with E-state index < -0.39 is 0 Å². The summed E-state index contributed by atoms with van der Waals surface area (Å²) in [5.74, 6) is 1.78. The molecule has 2 fully saturated rings. The fourth-order valence-electron chi connectivity index (χ4n) is 4.71. The van der Waals surface area contributed by atoms with Gasteiger partial charge in [0.2, 0.25) is 5.88 Å². The van der Waals surface area contributed by atoms with Gasteiger partial charge in [-0.25, -0.2) is 19.7 Å². The zero-order chi connectivity index (χ0) is 22.2. The largest absolute Gasteiger partial charge is 0.481 e. The van der Waals surface area contributed by atoms with E-state index >= 15 is 0 Å². The molecule has 0 radical (unpaired) electrons. The number of hydrogen-bond acceptors (Lipinski definition) is 7. The van der Waals surface area contributed by atoms with Crippen LogP contribution >= 0.6 is 0 Å². The van der Waals surface area contributed by atoms with Gasteiger partial charge in [0.15, 0.2) is 0 Å². The van der Waals surface area contributed by atoms with Crippen LogP contribution in [0.2, 0.25) is 0 Å². The minimum Gasteiger partial charge on any atom is -0.481 e. The molecule has 2 aliphatic heterocycles. The Hall–Kier alpha value is -3.36. The first-order valence-corrected chi connectivity index (χ1v) is 11.1. The molecule has 168 valence electrons. The minimum atomic E-state index is -0.186. The molecule has 0 spiro atoms. The highest BCUT2D eigenvalue weighted by Gasteiger charge is 2.44. The van der Waals surface area contributed by atoms with E-state index in [1.54, 1.807) is 19.6 Å². The Morgan fingerprint density at radius 1 is 1.19 bits per heavy atom. The van der Waals surface area contributed by atoms with E-state index in [4.69, 9.17) is 9.47 Å². The highest BCUT2D eigenvalue weighted by atomic mass is 16.6. The maximum atomic E-state index is 12.7. The van der Waals surface area contributed by atoms with Crippen molar-refractivity contribution in [1.29, 1.82) is 0 Å². The highest BCUT2D eigenvalue weighted by molar-refractivity contribution is 5.92. The van der Waals surface area contributed by atoms with Gasteiger partial charge in [0.25, 0.3) is 0 Å². The van der Waals surface area contributed by atoms with Crippen LogP contribution in [0.1, 0.15) is 26.7 Å². The van der Waals surface area contributed by atoms with Gasteiger partial charge in [0, 0.05) is 36.6 Å². The topological polar surface area (TPSA) is 96.5 Å². The molecule has 3 aromatic rings. The summed E-state index contributed by atoms with van der Waals surface area (Å²) < 4.78 is 10.8. The number of anilines is 1. The summed E-state index contributed by atoms with van der Waals surface area (Å²) in [6.07, 6.45) is 5.11. The Morgan fingerprint density at radius 2 is 1.97 bits per heavy atom. The molecule has 9 heteroatoms. The van der Waals surface area contributed by atoms with Crippen molar-refractivity contribution < 1.29 is 14.3 Å². The summed E-state index contributed by atoms with van der Waals surface area (Å²) in [6, 6.07) is 6.18. The fourth-order valence-corrected chi connectivity index (χ4v) is 4.71. The van der Waals surface area contributed by atoms with Gasteiger partial charge in [-0.3, -0.25) is 4.90 Å². The van der Waals surface area contributed by atoms with Crippen LogP contribution in [0, 0.1) is 5.92 Å². The molecule has 2 bridgehead atoms. The van der Waals surface area contributed by atoms with Gasteiger partial charge >= 0.3 is 6.09 Å². The van der Waals surface area contributed by atoms with Crippen molar-refractivity contribution in [3.63, 3.8) is 0 Å². The normalized spacial score (nSPS) is 20.2. The summed E-state index contributed by atoms with van der Waals surface area (Å²) >= 11 is 0. The molecule has 0 aliphatic carbocycles. The van der Waals surface area contributed by atoms with Crippen molar-refractivity contribution in [1.82, 2.24) is 24.8 Å². The van der Waals surface area contributed by atoms with Gasteiger partial charge in [0.1, 0.15) is 17.8 Å². The first-order chi connectivity index (χ1) is 15.5. The van der Waals surface area contributed by atoms with Crippen LogP contribution in [0.25, 0.3) is 22.3 Å². The van der Waals surface area contributed by atoms with Crippen molar-refractivity contribution in [3.05, 3.63) is 30.7 Å². The highest BCUT2D eigenvalue weighted by Crippen LogP contribution is 2.36. The Kier molecular flexibility index (Phi) is 5.32. The van der Waals surface area contributed by atoms with E-state index in [1.165, 1.54) is 0 Å². The molecule has 0 saturated carbocycles. The molecule has 1 N–H and O–H groups in total. The SMILES string of the molecule is COc1cc(-c2cc3c(N4CC5CCC(C4)N5C(=O)OCC(C)C)ncnc3[nH]2)ccn1. The molecule has 9 nitrogen and oxygen atoms in total. The van der Waals surface area contributed by atoms with Crippen LogP contribution in [0.15, 0.2) is 30.7 Å². The molecule has 1 amide bonds. The number of aromatic amines is 1. The quantitative estimate of drug-likeness (QED) is 0.654. The standard InChI is InChI=1S/C23H28N6O3/c1-14(2)12-32-23(30)29-16-4-5-17(29)11-28(10-16)22-18-9-19(27-21(18)25-13-26-22)15-6-7-24-20(8-15)31-3/h6-9,13-14,16-17H,4-5,10-12H2,1-3H3,(H,25,26,27). The van der Waals surface area contributed by atoms with Crippen LogP contribution in [-0.2, 0) is 4.74 Å². The molecule has 2 atom stereocenters. The molecule has 2 saturated heterocycles. The molecule has 32 heavy (non-hydrogen) atoms. The lowest BCUT2D eigenvalue weighted by molar-refractivity contribution is 0.0704. The monoisotopic (exact) mass is 436 g/mol. The number of piperazine rings is 1. The van der Waals surface area contributed by atoms with Gasteiger partial charge < -0.3 is 19.4 Å². The second-order valence-corrected chi connectivity index (χ2v) is 8.90. The smallest absolute Gasteiger partial charge is 0.410 e. The third kappa shape index (κ3) is 3.72. The van der Waals surface area contributed by atoms with Crippen LogP contribution < -0.4 is 9.64 Å². The minimum absolute atomic E-state index is 0.140. The molecule has 0 aromatic carbocycles. The first kappa shape index (κ1) is 20.5. The zero-order valence-corrected chi connectivity index (χ0v) is 18.6. The Balaban J connectivity index is 1.40. The fraction of sp³-hybridized carbons (Fsp3) is 0.478. The number of methoxy groups -OCH3 is 1. The number of ether oxygens (including phenoxy) is 2. The number of carbonyl (C=O) groups is 1. The van der Waals surface area contributed by atoms with Crippen molar-refractivity contribution in [2.75, 3.05) is 31.7 Å². The lowest BCUT2D eigenvalue weighted by Gasteiger charge is -2.41. The predicted molar refractivity (Wildman–Crippen MR) is 121 cm³/mol. The Bertz CT molecular complexity index is 1120. The second kappa shape index (κ2) is 8.29. The number of H-pyrrole nitrogens is 1. The maximum Gasteiger partial charge on any atom is 0.410 e. The summed E-state index contributed by atoms with van der Waals surface area (Å²) in [7, 11) is 1.60. The van der Waals surface area contributed by atoms with E-state index in [0.717, 1.165) is 54.0 Å². The molecular formula is C23H28N6O3. The van der Waals surface area contributed by atoms with E-state index in [9.17, 15) is 4.79 Å². The third-order valence-electron chi connectivity index (χ3n) is 6.19. The van der Waals surface area contributed by atoms with Gasteiger partial charge in [-0.1, -0.05) is 13.8 Å². The average Bonchev–Trinajstić information content (AvgIpc) is 3.35. The van der Waals surface area contributed by atoms with Crippen molar-refractivity contribution in [3.8, 4) is 17.1 Å². The lowest BCUT2D eigenvalue weighted by atomic mass is 10.1. The first-order valence-electron chi connectivity index (χ1n) is 11.1. The number of amides is 1. The number of hydrogen-bond donors (Lipinski definition) is 1. The van der Waals surface area contributed by atoms with Crippen molar-refractivity contribution >= 4 is 22.9 Å². The summed E-state index contributed by atoms with van der Waals surface area (Å²) in [6.45, 7) is 6.03. The van der Waals surface area contributed by atoms with Crippen LogP contribution in [0.4, 0.5) is 10.6 Å². The Labute approximate surface area is 186 Å². The number of rotatable bonds is 5. The molecule has 5 rings (SSSR count). The molecule has 5 heterocycles. The van der Waals surface area contributed by atoms with Gasteiger partial charge in [-0.2, -0.15) is 0 Å². The average molecular weight is 437 g/mol. The van der Waals surface area contributed by atoms with E-state index in [-0.39, 0.29) is 18.2 Å². The predicted octanol–water partition coefficient (Wildman–Crippen LogP) is 3.47. The second-order valence-electron chi connectivity index (χ2n) is 8.90. The van der Waals surface area contributed by atoms with Gasteiger partial charge in [-0.05, 0) is 30.9 Å². The number of nitrogens with zero attached hydrogens (tertiary/aromatic N) is 5. The third-order valence-corrected chi connectivity index (χ3v) is 6.19. The summed E-state index contributed by atoms with van der Waals surface area (Å²) in [4.78, 5) is 33.5. The van der Waals surface area contributed by atoms with Gasteiger partial charge in [0.05, 0.1) is 31.2 Å². The van der Waals surface area contributed by atoms with E-state index in [0.29, 0.717) is 18.4 Å². The molecule has 2 aliphatic rings. The summed E-state index contributed by atoms with van der Waals surface area (Å²) in [5.41, 5.74) is 2.69. The van der Waals surface area contributed by atoms with Crippen molar-refractivity contribution in [2.45, 2.75) is 38.8 Å². The van der Waals surface area contributed by atoms with Crippen LogP contribution in [0.5, 0.6) is 5.88 Å². The van der Waals surface area contributed by atoms with E-state index in [2.05, 4.69) is 30.9 Å². The van der Waals surface area contributed by atoms with Gasteiger partial charge in [-0.15, -0.1) is 0 Å². The van der Waals surface area contributed by atoms with Crippen molar-refractivity contribution in [2.24, 2.45) is 5.92 Å². The zero-order valence-electron chi connectivity index (χ0n) is 18.6. The molecule has 2 unspecified atom stereocenters. The number of carbonyl (C=O) groups excluding carboxylic acids is 1. The van der Waals surface area contributed by atoms with Crippen LogP contribution in [0.3, 0.4) is 0 Å². The number of aromatic nitrogens is 4. The number of pyridine rings is 1. The maximum absolute atomic E-state index is 12.7. The Morgan fingerprint density at radius 3 is 2.69 bits per heavy atom. The number of nitrogens with one attached hydrogen (secondary N) is 1. The molecule has 3 aromatic heterocycles. The van der Waals surface area contributed by atoms with E-state index in [1.807, 2.05) is 30.9 Å². The summed E-state index contributed by atoms with van der Waals surface area (Å²) in [5, 5.41) is 0.966. The van der Waals surface area contributed by atoms with Crippen LogP contribution in [-0.4, -0.2) is 69.8 Å². The lowest BCUT2D eigenvalue weighted by Crippen LogP contribution is -2.56. The number of fused-ring (bicyclic) bond motifs is 3. The molecular weight excluding hydrogens is 408 g/mol.